The van der Waals surface area contributed by atoms with E-state index >= 15 is 0 Å². The van der Waals surface area contributed by atoms with E-state index in [9.17, 15) is 13.2 Å². The molecule has 1 unspecified atom stereocenters. The molecule has 8 heteroatoms. The van der Waals surface area contributed by atoms with E-state index in [0.717, 1.165) is 0 Å². The van der Waals surface area contributed by atoms with Gasteiger partial charge in [-0.1, -0.05) is 30.3 Å². The van der Waals surface area contributed by atoms with E-state index in [1.807, 2.05) is 18.2 Å². The summed E-state index contributed by atoms with van der Waals surface area (Å²) < 4.78 is 39.7. The lowest BCUT2D eigenvalue weighted by Gasteiger charge is -2.23. The first-order valence-electron chi connectivity index (χ1n) is 8.89. The quantitative estimate of drug-likeness (QED) is 0.663. The number of nitrogens with one attached hydrogen (secondary N) is 2. The molecule has 0 saturated carbocycles. The van der Waals surface area contributed by atoms with Gasteiger partial charge in [0.25, 0.3) is 15.9 Å². The molecule has 148 valence electrons. The summed E-state index contributed by atoms with van der Waals surface area (Å²) in [7, 11) is -3.93. The molecule has 4 rings (SSSR count). The van der Waals surface area contributed by atoms with Crippen LogP contribution in [0.15, 0.2) is 77.7 Å². The number of hydrogen-bond acceptors (Lipinski definition) is 5. The van der Waals surface area contributed by atoms with Gasteiger partial charge in [0.05, 0.1) is 16.3 Å². The summed E-state index contributed by atoms with van der Waals surface area (Å²) in [4.78, 5) is 11.8. The van der Waals surface area contributed by atoms with Crippen LogP contribution in [0.4, 0.5) is 11.4 Å². The van der Waals surface area contributed by atoms with Gasteiger partial charge in [-0.2, -0.15) is 0 Å². The maximum atomic E-state index is 12.9. The van der Waals surface area contributed by atoms with Crippen LogP contribution in [0, 0.1) is 0 Å². The molecule has 0 aliphatic carbocycles. The predicted molar refractivity (Wildman–Crippen MR) is 109 cm³/mol. The lowest BCUT2D eigenvalue weighted by atomic mass is 10.2. The van der Waals surface area contributed by atoms with E-state index in [0.29, 0.717) is 28.6 Å². The number of carbonyl (C=O) groups is 1. The van der Waals surface area contributed by atoms with E-state index in [1.165, 1.54) is 18.2 Å². The predicted octanol–water partition coefficient (Wildman–Crippen LogP) is 4.00. The minimum absolute atomic E-state index is 0.00998. The molecule has 1 amide bonds. The van der Waals surface area contributed by atoms with Crippen molar-refractivity contribution in [2.24, 2.45) is 0 Å². The molecule has 29 heavy (non-hydrogen) atoms. The van der Waals surface area contributed by atoms with Crippen molar-refractivity contribution in [2.75, 3.05) is 10.0 Å². The molecule has 1 aliphatic heterocycles. The van der Waals surface area contributed by atoms with Gasteiger partial charge in [-0.25, -0.2) is 8.42 Å². The minimum atomic E-state index is -3.93. The molecule has 0 fully saturated rings. The molecule has 0 spiro atoms. The molecule has 0 aromatic heterocycles. The number of para-hydroxylation sites is 3. The second-order valence-corrected chi connectivity index (χ2v) is 8.11. The van der Waals surface area contributed by atoms with E-state index in [1.54, 1.807) is 43.3 Å². The summed E-state index contributed by atoms with van der Waals surface area (Å²) in [6.45, 7) is 1.62. The first kappa shape index (κ1) is 18.8. The molecule has 0 radical (unpaired) electrons. The third kappa shape index (κ3) is 4.02. The zero-order valence-electron chi connectivity index (χ0n) is 15.5. The summed E-state index contributed by atoms with van der Waals surface area (Å²) in [5, 5.41) is 2.65. The van der Waals surface area contributed by atoms with Crippen LogP contribution < -0.4 is 19.5 Å². The third-order valence-corrected chi connectivity index (χ3v) is 5.66. The Bertz CT molecular complexity index is 1160. The Hall–Kier alpha value is -3.52. The molecule has 2 N–H and O–H groups in total. The van der Waals surface area contributed by atoms with Crippen molar-refractivity contribution < 1.29 is 22.7 Å². The molecule has 3 aromatic carbocycles. The second-order valence-electron chi connectivity index (χ2n) is 6.42. The van der Waals surface area contributed by atoms with Crippen LogP contribution in [0.2, 0.25) is 0 Å². The van der Waals surface area contributed by atoms with Crippen LogP contribution in [0.5, 0.6) is 17.2 Å². The molecular weight excluding hydrogens is 392 g/mol. The number of carbonyl (C=O) groups excluding carboxylic acids is 1. The average molecular weight is 410 g/mol. The Morgan fingerprint density at radius 2 is 1.72 bits per heavy atom. The van der Waals surface area contributed by atoms with Crippen LogP contribution in [-0.4, -0.2) is 20.4 Å². The number of amides is 1. The van der Waals surface area contributed by atoms with Crippen LogP contribution >= 0.6 is 0 Å². The third-order valence-electron chi connectivity index (χ3n) is 4.29. The van der Waals surface area contributed by atoms with Crippen molar-refractivity contribution in [3.63, 3.8) is 0 Å². The van der Waals surface area contributed by atoms with Gasteiger partial charge in [-0.05, 0) is 49.4 Å². The number of benzene rings is 3. The van der Waals surface area contributed by atoms with Gasteiger partial charge in [-0.3, -0.25) is 9.52 Å². The highest BCUT2D eigenvalue weighted by Gasteiger charge is 2.26. The van der Waals surface area contributed by atoms with Gasteiger partial charge in [0.1, 0.15) is 11.5 Å². The van der Waals surface area contributed by atoms with E-state index in [2.05, 4.69) is 10.0 Å². The first-order chi connectivity index (χ1) is 13.9. The Morgan fingerprint density at radius 3 is 2.52 bits per heavy atom. The Kier molecular flexibility index (Phi) is 4.85. The maximum absolute atomic E-state index is 12.9. The standard InChI is InChI=1S/C21H18N2O5S/c1-14-21(24)22-18-13-16(11-12-20(18)27-14)29(25,26)23-17-9-5-6-10-19(17)28-15-7-3-2-4-8-15/h2-14,23H,1H3,(H,22,24). The summed E-state index contributed by atoms with van der Waals surface area (Å²) in [5.74, 6) is 1.04. The van der Waals surface area contributed by atoms with E-state index in [-0.39, 0.29) is 10.8 Å². The largest absolute Gasteiger partial charge is 0.479 e. The molecule has 0 bridgehead atoms. The average Bonchev–Trinajstić information content (AvgIpc) is 2.70. The zero-order chi connectivity index (χ0) is 20.4. The molecule has 7 nitrogen and oxygen atoms in total. The smallest absolute Gasteiger partial charge is 0.265 e. The van der Waals surface area contributed by atoms with Crippen molar-refractivity contribution in [3.05, 3.63) is 72.8 Å². The Morgan fingerprint density at radius 1 is 1.00 bits per heavy atom. The number of ether oxygens (including phenoxy) is 2. The fourth-order valence-corrected chi connectivity index (χ4v) is 3.91. The van der Waals surface area contributed by atoms with Crippen LogP contribution in [0.3, 0.4) is 0 Å². The Labute approximate surface area is 168 Å². The van der Waals surface area contributed by atoms with Gasteiger partial charge < -0.3 is 14.8 Å². The summed E-state index contributed by atoms with van der Waals surface area (Å²) in [6.07, 6.45) is -0.634. The molecule has 3 aromatic rings. The molecule has 1 atom stereocenters. The van der Waals surface area contributed by atoms with Gasteiger partial charge in [0.15, 0.2) is 11.9 Å². The zero-order valence-corrected chi connectivity index (χ0v) is 16.3. The number of rotatable bonds is 5. The minimum Gasteiger partial charge on any atom is -0.479 e. The number of fused-ring (bicyclic) bond motifs is 1. The van der Waals surface area contributed by atoms with Crippen molar-refractivity contribution in [1.82, 2.24) is 0 Å². The lowest BCUT2D eigenvalue weighted by molar-refractivity contribution is -0.122. The van der Waals surface area contributed by atoms with Gasteiger partial charge in [-0.15, -0.1) is 0 Å². The normalized spacial score (nSPS) is 15.6. The van der Waals surface area contributed by atoms with Crippen molar-refractivity contribution in [2.45, 2.75) is 17.9 Å². The monoisotopic (exact) mass is 410 g/mol. The molecule has 1 aliphatic rings. The summed E-state index contributed by atoms with van der Waals surface area (Å²) in [5.41, 5.74) is 0.604. The van der Waals surface area contributed by atoms with Gasteiger partial charge in [0, 0.05) is 0 Å². The summed E-state index contributed by atoms with van der Waals surface area (Å²) in [6, 6.07) is 20.1. The number of sulfonamides is 1. The Balaban J connectivity index is 1.62. The molecular formula is C21H18N2O5S. The highest BCUT2D eigenvalue weighted by Crippen LogP contribution is 2.34. The van der Waals surface area contributed by atoms with Crippen molar-refractivity contribution in [3.8, 4) is 17.2 Å². The van der Waals surface area contributed by atoms with Crippen LogP contribution in [-0.2, 0) is 14.8 Å². The fraction of sp³-hybridized carbons (Fsp3) is 0.0952. The van der Waals surface area contributed by atoms with E-state index in [4.69, 9.17) is 9.47 Å². The highest BCUT2D eigenvalue weighted by atomic mass is 32.2. The van der Waals surface area contributed by atoms with Crippen LogP contribution in [0.1, 0.15) is 6.92 Å². The number of anilines is 2. The van der Waals surface area contributed by atoms with E-state index < -0.39 is 16.1 Å². The summed E-state index contributed by atoms with van der Waals surface area (Å²) >= 11 is 0. The first-order valence-corrected chi connectivity index (χ1v) is 10.4. The fourth-order valence-electron chi connectivity index (χ4n) is 2.81. The second kappa shape index (κ2) is 7.48. The van der Waals surface area contributed by atoms with Crippen LogP contribution in [0.25, 0.3) is 0 Å². The van der Waals surface area contributed by atoms with Crippen molar-refractivity contribution >= 4 is 27.3 Å². The number of hydrogen-bond donors (Lipinski definition) is 2. The molecule has 1 heterocycles. The lowest BCUT2D eigenvalue weighted by Crippen LogP contribution is -2.34. The van der Waals surface area contributed by atoms with Crippen molar-refractivity contribution in [1.29, 1.82) is 0 Å². The highest BCUT2D eigenvalue weighted by molar-refractivity contribution is 7.92. The SMILES string of the molecule is CC1Oc2ccc(S(=O)(=O)Nc3ccccc3Oc3ccccc3)cc2NC1=O. The molecule has 0 saturated heterocycles. The maximum Gasteiger partial charge on any atom is 0.265 e. The topological polar surface area (TPSA) is 93.7 Å². The van der Waals surface area contributed by atoms with Gasteiger partial charge in [0.2, 0.25) is 0 Å². The van der Waals surface area contributed by atoms with Gasteiger partial charge >= 0.3 is 0 Å².